The number of hydrogen-bond acceptors (Lipinski definition) is 3. The maximum atomic E-state index is 12.4. The summed E-state index contributed by atoms with van der Waals surface area (Å²) >= 11 is 0. The molecule has 0 saturated carbocycles. The molecule has 1 heterocycles. The molecule has 1 aliphatic carbocycles. The van der Waals surface area contributed by atoms with E-state index in [-0.39, 0.29) is 6.67 Å². The third kappa shape index (κ3) is 5.28. The summed E-state index contributed by atoms with van der Waals surface area (Å²) in [5, 5.41) is 19.6. The van der Waals surface area contributed by atoms with E-state index in [1.165, 1.54) is 5.56 Å². The monoisotopic (exact) mass is 508 g/mol. The number of carboxylic acid groups (broad SMARTS) is 1. The van der Waals surface area contributed by atoms with Crippen molar-refractivity contribution in [3.63, 3.8) is 0 Å². The summed E-state index contributed by atoms with van der Waals surface area (Å²) < 4.78 is 12.4. The van der Waals surface area contributed by atoms with Gasteiger partial charge in [0.2, 0.25) is 0 Å². The molecule has 1 fully saturated rings. The number of allylic oxidation sites excluding steroid dienone is 1. The topological polar surface area (TPSA) is 64.3 Å². The second-order valence-electron chi connectivity index (χ2n) is 10.6. The van der Waals surface area contributed by atoms with Gasteiger partial charge in [0.25, 0.3) is 0 Å². The van der Waals surface area contributed by atoms with Gasteiger partial charge in [-0.2, -0.15) is 5.26 Å². The molecule has 1 aliphatic heterocycles. The highest BCUT2D eigenvalue weighted by molar-refractivity contribution is 6.01. The molecule has 5 heteroatoms. The van der Waals surface area contributed by atoms with Crippen LogP contribution in [0.15, 0.2) is 60.7 Å². The van der Waals surface area contributed by atoms with Crippen molar-refractivity contribution in [2.24, 2.45) is 5.92 Å². The number of fused-ring (bicyclic) bond motifs is 1. The summed E-state index contributed by atoms with van der Waals surface area (Å²) in [4.78, 5) is 14.0. The van der Waals surface area contributed by atoms with Gasteiger partial charge in [-0.1, -0.05) is 48.5 Å². The van der Waals surface area contributed by atoms with Gasteiger partial charge < -0.3 is 10.0 Å². The number of alkyl halides is 1. The highest BCUT2D eigenvalue weighted by Gasteiger charge is 2.27. The summed E-state index contributed by atoms with van der Waals surface area (Å²) in [5.41, 5.74) is 9.60. The Labute approximate surface area is 224 Å². The van der Waals surface area contributed by atoms with E-state index in [4.69, 9.17) is 0 Å². The van der Waals surface area contributed by atoms with Gasteiger partial charge in [0.05, 0.1) is 17.8 Å². The lowest BCUT2D eigenvalue weighted by molar-refractivity contribution is 0.0696. The van der Waals surface area contributed by atoms with Gasteiger partial charge in [0.1, 0.15) is 6.07 Å². The molecular weight excluding hydrogens is 475 g/mol. The highest BCUT2D eigenvalue weighted by atomic mass is 19.1. The number of rotatable bonds is 8. The van der Waals surface area contributed by atoms with Crippen LogP contribution in [-0.2, 0) is 12.8 Å². The van der Waals surface area contributed by atoms with Crippen LogP contribution in [0.5, 0.6) is 0 Å². The Morgan fingerprint density at radius 3 is 2.58 bits per heavy atom. The van der Waals surface area contributed by atoms with E-state index in [0.29, 0.717) is 23.5 Å². The average Bonchev–Trinajstić information content (AvgIpc) is 3.09. The van der Waals surface area contributed by atoms with E-state index < -0.39 is 5.97 Å². The SMILES string of the molecule is Cc1cccc(C2=C(c3ccc(CC4CN(CCCF)C4)cc3)c3ccc(C(=O)O)cc3CCC2)c1C#N. The third-order valence-electron chi connectivity index (χ3n) is 7.91. The zero-order chi connectivity index (χ0) is 26.6. The lowest BCUT2D eigenvalue weighted by atomic mass is 9.84. The molecule has 0 radical (unpaired) electrons. The largest absolute Gasteiger partial charge is 0.478 e. The summed E-state index contributed by atoms with van der Waals surface area (Å²) in [7, 11) is 0. The zero-order valence-electron chi connectivity index (χ0n) is 21.8. The maximum Gasteiger partial charge on any atom is 0.335 e. The van der Waals surface area contributed by atoms with Crippen molar-refractivity contribution in [1.29, 1.82) is 5.26 Å². The van der Waals surface area contributed by atoms with Crippen LogP contribution in [0.1, 0.15) is 68.6 Å². The number of carboxylic acids is 1. The van der Waals surface area contributed by atoms with E-state index in [9.17, 15) is 19.6 Å². The second-order valence-corrected chi connectivity index (χ2v) is 10.6. The fourth-order valence-corrected chi connectivity index (χ4v) is 6.00. The van der Waals surface area contributed by atoms with Crippen LogP contribution in [0.3, 0.4) is 0 Å². The fraction of sp³-hybridized carbons (Fsp3) is 0.333. The van der Waals surface area contributed by atoms with Crippen LogP contribution in [0.2, 0.25) is 0 Å². The third-order valence-corrected chi connectivity index (χ3v) is 7.91. The Bertz CT molecular complexity index is 1410. The van der Waals surface area contributed by atoms with Crippen LogP contribution in [0.4, 0.5) is 4.39 Å². The molecule has 2 aliphatic rings. The molecule has 0 unspecified atom stereocenters. The number of nitriles is 1. The lowest BCUT2D eigenvalue weighted by Crippen LogP contribution is -2.47. The molecule has 1 saturated heterocycles. The summed E-state index contributed by atoms with van der Waals surface area (Å²) in [6.45, 7) is 4.62. The summed E-state index contributed by atoms with van der Waals surface area (Å²) in [6.07, 6.45) is 4.10. The van der Waals surface area contributed by atoms with Crippen molar-refractivity contribution in [1.82, 2.24) is 4.90 Å². The van der Waals surface area contributed by atoms with Gasteiger partial charge in [0, 0.05) is 19.6 Å². The fourth-order valence-electron chi connectivity index (χ4n) is 6.00. The first-order valence-electron chi connectivity index (χ1n) is 13.5. The van der Waals surface area contributed by atoms with E-state index >= 15 is 0 Å². The van der Waals surface area contributed by atoms with Gasteiger partial charge in [0.15, 0.2) is 0 Å². The van der Waals surface area contributed by atoms with E-state index in [2.05, 4.69) is 35.2 Å². The first kappa shape index (κ1) is 25.9. The van der Waals surface area contributed by atoms with E-state index in [1.807, 2.05) is 37.3 Å². The summed E-state index contributed by atoms with van der Waals surface area (Å²) in [5.74, 6) is -0.314. The molecule has 38 heavy (non-hydrogen) atoms. The Kier molecular flexibility index (Phi) is 7.72. The Balaban J connectivity index is 1.54. The van der Waals surface area contributed by atoms with Crippen LogP contribution in [0.25, 0.3) is 11.1 Å². The quantitative estimate of drug-likeness (QED) is 0.368. The molecular formula is C33H33FN2O2. The predicted molar refractivity (Wildman–Crippen MR) is 149 cm³/mol. The van der Waals surface area contributed by atoms with Crippen molar-refractivity contribution >= 4 is 17.1 Å². The molecule has 3 aromatic rings. The van der Waals surface area contributed by atoms with Crippen molar-refractivity contribution in [2.75, 3.05) is 26.3 Å². The van der Waals surface area contributed by atoms with Gasteiger partial charge in [-0.3, -0.25) is 4.39 Å². The molecule has 1 N–H and O–H groups in total. The van der Waals surface area contributed by atoms with Gasteiger partial charge in [-0.25, -0.2) is 4.79 Å². The van der Waals surface area contributed by atoms with Crippen molar-refractivity contribution in [3.05, 3.63) is 105 Å². The molecule has 194 valence electrons. The first-order valence-corrected chi connectivity index (χ1v) is 13.5. The number of halogens is 1. The molecule has 3 aromatic carbocycles. The Morgan fingerprint density at radius 1 is 1.08 bits per heavy atom. The lowest BCUT2D eigenvalue weighted by Gasteiger charge is -2.39. The smallest absolute Gasteiger partial charge is 0.335 e. The summed E-state index contributed by atoms with van der Waals surface area (Å²) in [6, 6.07) is 22.6. The van der Waals surface area contributed by atoms with Gasteiger partial charge in [-0.05, 0) is 102 Å². The first-order chi connectivity index (χ1) is 18.5. The van der Waals surface area contributed by atoms with Gasteiger partial charge in [-0.15, -0.1) is 0 Å². The normalized spacial score (nSPS) is 15.9. The molecule has 0 bridgehead atoms. The Morgan fingerprint density at radius 2 is 1.87 bits per heavy atom. The molecule has 0 atom stereocenters. The number of likely N-dealkylation sites (tertiary alicyclic amines) is 1. The predicted octanol–water partition coefficient (Wildman–Crippen LogP) is 6.69. The second kappa shape index (κ2) is 11.3. The Hall–Kier alpha value is -3.75. The minimum atomic E-state index is -0.920. The standard InChI is InChI=1S/C33H33FN2O2/c1-22-5-2-7-29(31(22)19-35)30-8-3-6-26-18-27(33(37)38)13-14-28(26)32(30)25-11-9-23(10-12-25)17-24-20-36(21-24)16-4-15-34/h2,5,7,9-14,18,24H,3-4,6,8,15-17,20-21H2,1H3,(H,37,38). The molecule has 5 rings (SSSR count). The van der Waals surface area contributed by atoms with E-state index in [1.54, 1.807) is 6.07 Å². The van der Waals surface area contributed by atoms with Crippen molar-refractivity contribution in [2.45, 2.75) is 39.0 Å². The van der Waals surface area contributed by atoms with Crippen molar-refractivity contribution in [3.8, 4) is 6.07 Å². The highest BCUT2D eigenvalue weighted by Crippen LogP contribution is 2.41. The molecule has 4 nitrogen and oxygen atoms in total. The zero-order valence-corrected chi connectivity index (χ0v) is 21.8. The van der Waals surface area contributed by atoms with Crippen molar-refractivity contribution < 1.29 is 14.3 Å². The molecule has 0 spiro atoms. The van der Waals surface area contributed by atoms with Gasteiger partial charge >= 0.3 is 5.97 Å². The number of nitrogens with zero attached hydrogens (tertiary/aromatic N) is 2. The molecule has 0 amide bonds. The number of aromatic carboxylic acids is 1. The van der Waals surface area contributed by atoms with Crippen LogP contribution in [0, 0.1) is 24.2 Å². The number of aryl methyl sites for hydroxylation is 2. The number of benzene rings is 3. The number of carbonyl (C=O) groups is 1. The average molecular weight is 509 g/mol. The maximum absolute atomic E-state index is 12.4. The molecule has 0 aromatic heterocycles. The van der Waals surface area contributed by atoms with E-state index in [0.717, 1.165) is 84.3 Å². The van der Waals surface area contributed by atoms with Crippen LogP contribution < -0.4 is 0 Å². The van der Waals surface area contributed by atoms with Crippen LogP contribution in [-0.4, -0.2) is 42.3 Å². The minimum Gasteiger partial charge on any atom is -0.478 e. The van der Waals surface area contributed by atoms with Crippen LogP contribution >= 0.6 is 0 Å². The number of hydrogen-bond donors (Lipinski definition) is 1. The minimum absolute atomic E-state index is 0.250.